The molecule has 0 amide bonds. The van der Waals surface area contributed by atoms with Crippen LogP contribution in [0.2, 0.25) is 0 Å². The molecule has 17 heavy (non-hydrogen) atoms. The fraction of sp³-hybridized carbons (Fsp3) is 0.625. The molecule has 94 valence electrons. The molecule has 0 saturated heterocycles. The maximum Gasteiger partial charge on any atom is 0.00785 e. The van der Waals surface area contributed by atoms with Crippen LogP contribution in [0.5, 0.6) is 0 Å². The highest BCUT2D eigenvalue weighted by Gasteiger charge is 2.43. The largest absolute Gasteiger partial charge is 0.316 e. The Morgan fingerprint density at radius 3 is 2.41 bits per heavy atom. The molecule has 2 rings (SSSR count). The average Bonchev–Trinajstić information content (AvgIpc) is 3.03. The van der Waals surface area contributed by atoms with Crippen LogP contribution in [-0.2, 0) is 5.41 Å². The Bertz CT molecular complexity index is 389. The van der Waals surface area contributed by atoms with Crippen LogP contribution in [0, 0.1) is 19.8 Å². The minimum atomic E-state index is 0.452. The number of rotatable bonds is 5. The molecular weight excluding hydrogens is 206 g/mol. The van der Waals surface area contributed by atoms with E-state index in [1.165, 1.54) is 29.5 Å². The van der Waals surface area contributed by atoms with Crippen molar-refractivity contribution < 1.29 is 0 Å². The van der Waals surface area contributed by atoms with E-state index in [0.29, 0.717) is 5.41 Å². The second kappa shape index (κ2) is 4.81. The van der Waals surface area contributed by atoms with Gasteiger partial charge >= 0.3 is 0 Å². The van der Waals surface area contributed by atoms with Gasteiger partial charge in [-0.3, -0.25) is 0 Å². The summed E-state index contributed by atoms with van der Waals surface area (Å²) in [5.41, 5.74) is 4.82. The van der Waals surface area contributed by atoms with Crippen molar-refractivity contribution in [3.05, 3.63) is 34.9 Å². The summed E-state index contributed by atoms with van der Waals surface area (Å²) in [7, 11) is 0. The molecule has 0 atom stereocenters. The predicted molar refractivity (Wildman–Crippen MR) is 74.5 cm³/mol. The molecular formula is C16H25N. The Morgan fingerprint density at radius 2 is 1.88 bits per heavy atom. The molecule has 1 aromatic rings. The van der Waals surface area contributed by atoms with Gasteiger partial charge in [-0.1, -0.05) is 32.0 Å². The lowest BCUT2D eigenvalue weighted by Crippen LogP contribution is -2.29. The molecule has 1 heteroatoms. The third-order valence-corrected chi connectivity index (χ3v) is 3.99. The monoisotopic (exact) mass is 231 g/mol. The second-order valence-corrected chi connectivity index (χ2v) is 6.10. The van der Waals surface area contributed by atoms with Crippen molar-refractivity contribution in [3.8, 4) is 0 Å². The maximum atomic E-state index is 3.62. The molecule has 1 aromatic carbocycles. The van der Waals surface area contributed by atoms with Crippen LogP contribution in [0.15, 0.2) is 18.2 Å². The maximum absolute atomic E-state index is 3.62. The van der Waals surface area contributed by atoms with E-state index in [4.69, 9.17) is 0 Å². The van der Waals surface area contributed by atoms with E-state index in [2.05, 4.69) is 51.2 Å². The van der Waals surface area contributed by atoms with Gasteiger partial charge in [-0.25, -0.2) is 0 Å². The molecule has 0 unspecified atom stereocenters. The molecule has 0 aromatic heterocycles. The lowest BCUT2D eigenvalue weighted by Gasteiger charge is -2.18. The highest BCUT2D eigenvalue weighted by atomic mass is 14.9. The van der Waals surface area contributed by atoms with Gasteiger partial charge in [-0.15, -0.1) is 0 Å². The molecule has 0 aliphatic heterocycles. The van der Waals surface area contributed by atoms with Gasteiger partial charge in [0.25, 0.3) is 0 Å². The number of hydrogen-bond donors (Lipinski definition) is 1. The molecule has 1 fully saturated rings. The third kappa shape index (κ3) is 2.90. The molecule has 0 spiro atoms. The summed E-state index contributed by atoms with van der Waals surface area (Å²) in [4.78, 5) is 0. The van der Waals surface area contributed by atoms with Crippen molar-refractivity contribution in [1.29, 1.82) is 0 Å². The Balaban J connectivity index is 2.02. The minimum Gasteiger partial charge on any atom is -0.316 e. The standard InChI is InChI=1S/C16H25N/c1-12(2)10-17-11-16(7-8-16)15-6-5-13(3)14(4)9-15/h5-6,9,12,17H,7-8,10-11H2,1-4H3. The predicted octanol–water partition coefficient (Wildman–Crippen LogP) is 3.58. The first-order valence-electron chi connectivity index (χ1n) is 6.82. The number of nitrogens with one attached hydrogen (secondary N) is 1. The van der Waals surface area contributed by atoms with Crippen LogP contribution in [0.3, 0.4) is 0 Å². The molecule has 0 heterocycles. The van der Waals surface area contributed by atoms with Gasteiger partial charge in [-0.2, -0.15) is 0 Å². The van der Waals surface area contributed by atoms with E-state index in [-0.39, 0.29) is 0 Å². The fourth-order valence-corrected chi connectivity index (χ4v) is 2.39. The summed E-state index contributed by atoms with van der Waals surface area (Å²) in [5.74, 6) is 0.741. The first kappa shape index (κ1) is 12.6. The summed E-state index contributed by atoms with van der Waals surface area (Å²) < 4.78 is 0. The van der Waals surface area contributed by atoms with Gasteiger partial charge in [0.15, 0.2) is 0 Å². The SMILES string of the molecule is Cc1ccc(C2(CNCC(C)C)CC2)cc1C. The minimum absolute atomic E-state index is 0.452. The number of hydrogen-bond acceptors (Lipinski definition) is 1. The summed E-state index contributed by atoms with van der Waals surface area (Å²) in [6.45, 7) is 11.2. The van der Waals surface area contributed by atoms with Crippen molar-refractivity contribution >= 4 is 0 Å². The lowest BCUT2D eigenvalue weighted by molar-refractivity contribution is 0.509. The van der Waals surface area contributed by atoms with Crippen molar-refractivity contribution in [3.63, 3.8) is 0 Å². The fourth-order valence-electron chi connectivity index (χ4n) is 2.39. The van der Waals surface area contributed by atoms with Crippen molar-refractivity contribution in [2.45, 2.75) is 46.0 Å². The van der Waals surface area contributed by atoms with E-state index >= 15 is 0 Å². The molecule has 1 N–H and O–H groups in total. The molecule has 0 radical (unpaired) electrons. The Kier molecular flexibility index (Phi) is 3.58. The van der Waals surface area contributed by atoms with Crippen molar-refractivity contribution in [2.24, 2.45) is 5.92 Å². The summed E-state index contributed by atoms with van der Waals surface area (Å²) >= 11 is 0. The summed E-state index contributed by atoms with van der Waals surface area (Å²) in [5, 5.41) is 3.62. The average molecular weight is 231 g/mol. The third-order valence-electron chi connectivity index (χ3n) is 3.99. The summed E-state index contributed by atoms with van der Waals surface area (Å²) in [6.07, 6.45) is 2.70. The molecule has 1 aliphatic carbocycles. The van der Waals surface area contributed by atoms with Crippen LogP contribution in [-0.4, -0.2) is 13.1 Å². The van der Waals surface area contributed by atoms with Crippen LogP contribution >= 0.6 is 0 Å². The van der Waals surface area contributed by atoms with Gasteiger partial charge in [0.2, 0.25) is 0 Å². The van der Waals surface area contributed by atoms with Gasteiger partial charge < -0.3 is 5.32 Å². The van der Waals surface area contributed by atoms with Gasteiger partial charge in [0, 0.05) is 12.0 Å². The topological polar surface area (TPSA) is 12.0 Å². The van der Waals surface area contributed by atoms with E-state index in [0.717, 1.165) is 19.0 Å². The Morgan fingerprint density at radius 1 is 1.18 bits per heavy atom. The normalized spacial score (nSPS) is 17.5. The van der Waals surface area contributed by atoms with Crippen molar-refractivity contribution in [1.82, 2.24) is 5.32 Å². The van der Waals surface area contributed by atoms with E-state index < -0.39 is 0 Å². The Labute approximate surface area is 106 Å². The van der Waals surface area contributed by atoms with Crippen LogP contribution < -0.4 is 5.32 Å². The van der Waals surface area contributed by atoms with Crippen LogP contribution in [0.4, 0.5) is 0 Å². The highest BCUT2D eigenvalue weighted by Crippen LogP contribution is 2.47. The van der Waals surface area contributed by atoms with Gasteiger partial charge in [0.05, 0.1) is 0 Å². The van der Waals surface area contributed by atoms with E-state index in [1.807, 2.05) is 0 Å². The molecule has 1 saturated carbocycles. The van der Waals surface area contributed by atoms with E-state index in [1.54, 1.807) is 0 Å². The summed E-state index contributed by atoms with van der Waals surface area (Å²) in [6, 6.07) is 6.99. The molecule has 0 bridgehead atoms. The molecule has 1 aliphatic rings. The first-order chi connectivity index (χ1) is 8.03. The van der Waals surface area contributed by atoms with E-state index in [9.17, 15) is 0 Å². The van der Waals surface area contributed by atoms with Crippen molar-refractivity contribution in [2.75, 3.05) is 13.1 Å². The first-order valence-corrected chi connectivity index (χ1v) is 6.82. The van der Waals surface area contributed by atoms with Gasteiger partial charge in [0.1, 0.15) is 0 Å². The zero-order chi connectivity index (χ0) is 12.5. The lowest BCUT2D eigenvalue weighted by atomic mass is 9.93. The zero-order valence-corrected chi connectivity index (χ0v) is 11.6. The Hall–Kier alpha value is -0.820. The van der Waals surface area contributed by atoms with Crippen LogP contribution in [0.1, 0.15) is 43.4 Å². The van der Waals surface area contributed by atoms with Gasteiger partial charge in [-0.05, 0) is 55.8 Å². The quantitative estimate of drug-likeness (QED) is 0.816. The van der Waals surface area contributed by atoms with Crippen LogP contribution in [0.25, 0.3) is 0 Å². The second-order valence-electron chi connectivity index (χ2n) is 6.10. The highest BCUT2D eigenvalue weighted by molar-refractivity contribution is 5.38. The zero-order valence-electron chi connectivity index (χ0n) is 11.6. The number of aryl methyl sites for hydroxylation is 2. The number of benzene rings is 1. The smallest absolute Gasteiger partial charge is 0.00785 e. The molecule has 1 nitrogen and oxygen atoms in total.